The van der Waals surface area contributed by atoms with Crippen LogP contribution in [0.1, 0.15) is 65.4 Å². The van der Waals surface area contributed by atoms with Gasteiger partial charge >= 0.3 is 0 Å². The number of allylic oxidation sites excluding steroid dienone is 4. The van der Waals surface area contributed by atoms with E-state index in [9.17, 15) is 4.79 Å². The van der Waals surface area contributed by atoms with Gasteiger partial charge in [0, 0.05) is 22.5 Å². The lowest BCUT2D eigenvalue weighted by Gasteiger charge is -2.43. The first-order valence-electron chi connectivity index (χ1n) is 11.1. The van der Waals surface area contributed by atoms with Crippen molar-refractivity contribution in [2.75, 3.05) is 11.4 Å². The van der Waals surface area contributed by atoms with Gasteiger partial charge in [0.25, 0.3) is 5.91 Å². The number of rotatable bonds is 5. The molecule has 0 saturated carbocycles. The first-order chi connectivity index (χ1) is 14.3. The summed E-state index contributed by atoms with van der Waals surface area (Å²) in [5.74, 6) is 0.244. The minimum atomic E-state index is -0.890. The second-order valence-electron chi connectivity index (χ2n) is 9.20. The maximum atomic E-state index is 14.0. The lowest BCUT2D eigenvalue weighted by atomic mass is 9.74. The molecule has 1 amide bonds. The highest BCUT2D eigenvalue weighted by molar-refractivity contribution is 9.10. The molecule has 2 heterocycles. The fourth-order valence-electron chi connectivity index (χ4n) is 5.30. The predicted octanol–water partition coefficient (Wildman–Crippen LogP) is 6.83. The van der Waals surface area contributed by atoms with Crippen LogP contribution in [0.3, 0.4) is 0 Å². The molecule has 3 nitrogen and oxygen atoms in total. The van der Waals surface area contributed by atoms with Crippen molar-refractivity contribution in [2.45, 2.75) is 71.5 Å². The Labute approximate surface area is 189 Å². The van der Waals surface area contributed by atoms with E-state index in [1.54, 1.807) is 0 Å². The number of anilines is 1. The number of halogens is 1. The van der Waals surface area contributed by atoms with E-state index in [0.29, 0.717) is 6.54 Å². The summed E-state index contributed by atoms with van der Waals surface area (Å²) in [5, 5.41) is 0. The molecule has 0 radical (unpaired) electrons. The number of fused-ring (bicyclic) bond motifs is 4. The van der Waals surface area contributed by atoms with Gasteiger partial charge in [-0.1, -0.05) is 56.9 Å². The summed E-state index contributed by atoms with van der Waals surface area (Å²) in [6.45, 7) is 9.11. The van der Waals surface area contributed by atoms with Gasteiger partial charge in [-0.2, -0.15) is 0 Å². The average Bonchev–Trinajstić information content (AvgIpc) is 3.23. The van der Waals surface area contributed by atoms with Crippen molar-refractivity contribution in [3.8, 4) is 0 Å². The number of hydrogen-bond donors (Lipinski definition) is 0. The zero-order valence-electron chi connectivity index (χ0n) is 18.5. The van der Waals surface area contributed by atoms with Crippen LogP contribution in [0.25, 0.3) is 0 Å². The number of ether oxygens (including phenoxy) is 1. The lowest BCUT2D eigenvalue weighted by Crippen LogP contribution is -2.52. The summed E-state index contributed by atoms with van der Waals surface area (Å²) >= 11 is 3.76. The molecule has 3 atom stereocenters. The van der Waals surface area contributed by atoms with Crippen LogP contribution in [0.4, 0.5) is 5.69 Å². The Hall–Kier alpha value is -1.65. The van der Waals surface area contributed by atoms with E-state index in [-0.39, 0.29) is 17.9 Å². The Morgan fingerprint density at radius 2 is 2.10 bits per heavy atom. The van der Waals surface area contributed by atoms with E-state index in [1.165, 1.54) is 16.7 Å². The first kappa shape index (κ1) is 21.6. The van der Waals surface area contributed by atoms with Gasteiger partial charge < -0.3 is 9.64 Å². The minimum absolute atomic E-state index is 0.0378. The van der Waals surface area contributed by atoms with E-state index < -0.39 is 5.60 Å². The molecule has 1 aliphatic carbocycles. The molecule has 160 valence electrons. The van der Waals surface area contributed by atoms with Crippen molar-refractivity contribution < 1.29 is 9.53 Å². The van der Waals surface area contributed by atoms with Crippen molar-refractivity contribution in [3.05, 3.63) is 63.2 Å². The molecule has 4 rings (SSSR count). The molecule has 30 heavy (non-hydrogen) atoms. The molecule has 1 unspecified atom stereocenters. The minimum Gasteiger partial charge on any atom is -0.356 e. The zero-order valence-corrected chi connectivity index (χ0v) is 20.1. The highest BCUT2D eigenvalue weighted by atomic mass is 79.9. The lowest BCUT2D eigenvalue weighted by molar-refractivity contribution is -0.168. The van der Waals surface area contributed by atoms with Crippen LogP contribution in [0, 0.1) is 5.92 Å². The number of nitrogens with zero attached hydrogens (tertiary/aromatic N) is 1. The van der Waals surface area contributed by atoms with Gasteiger partial charge in [0.2, 0.25) is 0 Å². The molecule has 1 aromatic carbocycles. The summed E-state index contributed by atoms with van der Waals surface area (Å²) in [5.41, 5.74) is 5.19. The Balaban J connectivity index is 1.68. The van der Waals surface area contributed by atoms with Crippen molar-refractivity contribution >= 4 is 27.5 Å². The summed E-state index contributed by atoms with van der Waals surface area (Å²) in [7, 11) is 0. The van der Waals surface area contributed by atoms with Crippen molar-refractivity contribution in [1.82, 2.24) is 0 Å². The quantitative estimate of drug-likeness (QED) is 0.442. The summed E-state index contributed by atoms with van der Waals surface area (Å²) in [6, 6.07) is 6.13. The van der Waals surface area contributed by atoms with Gasteiger partial charge in [-0.05, 0) is 71.9 Å². The van der Waals surface area contributed by atoms with Crippen LogP contribution < -0.4 is 4.90 Å². The number of amides is 1. The zero-order chi connectivity index (χ0) is 21.5. The average molecular weight is 470 g/mol. The standard InChI is InChI=1S/C26H32BrNO2/c1-17(2)8-5-9-18(3)14-15-28-23-13-7-12-22(27)24(23)26(25(28)29)21-11-6-10-20(21)16-19(4)30-26/h7-8,10,12-14,19,21H,5-6,9,11,15-16H2,1-4H3/t19-,21?,26-/m1/s1. The van der Waals surface area contributed by atoms with E-state index in [4.69, 9.17) is 4.74 Å². The fourth-order valence-corrected chi connectivity index (χ4v) is 5.95. The third kappa shape index (κ3) is 3.62. The van der Waals surface area contributed by atoms with Crippen LogP contribution in [-0.2, 0) is 15.1 Å². The van der Waals surface area contributed by atoms with Crippen LogP contribution in [-0.4, -0.2) is 18.6 Å². The van der Waals surface area contributed by atoms with E-state index in [2.05, 4.69) is 67.9 Å². The molecule has 0 bridgehead atoms. The van der Waals surface area contributed by atoms with Gasteiger partial charge in [0.15, 0.2) is 5.60 Å². The molecule has 0 N–H and O–H groups in total. The largest absolute Gasteiger partial charge is 0.356 e. The van der Waals surface area contributed by atoms with Gasteiger partial charge in [-0.15, -0.1) is 0 Å². The SMILES string of the molecule is CC(C)=CCCC(C)=CCN1C(=O)[C@]2(O[C@H](C)CC3=CCCC32)c2c(Br)cccc21. The molecule has 1 aromatic rings. The fraction of sp³-hybridized carbons (Fsp3) is 0.500. The third-order valence-corrected chi connectivity index (χ3v) is 7.30. The number of hydrogen-bond acceptors (Lipinski definition) is 2. The van der Waals surface area contributed by atoms with Crippen molar-refractivity contribution in [2.24, 2.45) is 5.92 Å². The monoisotopic (exact) mass is 469 g/mol. The molecule has 4 heteroatoms. The van der Waals surface area contributed by atoms with Gasteiger partial charge in [-0.3, -0.25) is 4.79 Å². The van der Waals surface area contributed by atoms with E-state index in [0.717, 1.165) is 47.8 Å². The second-order valence-corrected chi connectivity index (χ2v) is 10.1. The summed E-state index contributed by atoms with van der Waals surface area (Å²) in [4.78, 5) is 16.0. The molecule has 3 aliphatic rings. The Kier molecular flexibility index (Phi) is 6.09. The second kappa shape index (κ2) is 8.47. The molecule has 0 aromatic heterocycles. The Morgan fingerprint density at radius 3 is 2.87 bits per heavy atom. The van der Waals surface area contributed by atoms with Crippen LogP contribution in [0.15, 0.2) is 57.6 Å². The molecular weight excluding hydrogens is 438 g/mol. The normalized spacial score (nSPS) is 27.9. The van der Waals surface area contributed by atoms with Gasteiger partial charge in [0.05, 0.1) is 11.8 Å². The molecule has 2 aliphatic heterocycles. The van der Waals surface area contributed by atoms with Crippen molar-refractivity contribution in [1.29, 1.82) is 0 Å². The van der Waals surface area contributed by atoms with Crippen LogP contribution in [0.5, 0.6) is 0 Å². The topological polar surface area (TPSA) is 29.5 Å². The Morgan fingerprint density at radius 1 is 1.30 bits per heavy atom. The third-order valence-electron chi connectivity index (χ3n) is 6.64. The smallest absolute Gasteiger partial charge is 0.264 e. The molecular formula is C26H32BrNO2. The molecule has 1 fully saturated rings. The van der Waals surface area contributed by atoms with Crippen LogP contribution >= 0.6 is 15.9 Å². The van der Waals surface area contributed by atoms with Gasteiger partial charge in [0.1, 0.15) is 0 Å². The van der Waals surface area contributed by atoms with E-state index in [1.807, 2.05) is 17.0 Å². The highest BCUT2D eigenvalue weighted by Gasteiger charge is 2.61. The maximum absolute atomic E-state index is 14.0. The van der Waals surface area contributed by atoms with Crippen molar-refractivity contribution in [3.63, 3.8) is 0 Å². The molecule has 1 spiro atoms. The summed E-state index contributed by atoms with van der Waals surface area (Å²) in [6.07, 6.45) is 11.9. The van der Waals surface area contributed by atoms with Crippen LogP contribution in [0.2, 0.25) is 0 Å². The number of benzene rings is 1. The first-order valence-corrected chi connectivity index (χ1v) is 11.9. The Bertz CT molecular complexity index is 940. The maximum Gasteiger partial charge on any atom is 0.264 e. The molecule has 1 saturated heterocycles. The van der Waals surface area contributed by atoms with E-state index >= 15 is 0 Å². The number of carbonyl (C=O) groups is 1. The van der Waals surface area contributed by atoms with Gasteiger partial charge in [-0.25, -0.2) is 0 Å². The number of carbonyl (C=O) groups excluding carboxylic acids is 1. The predicted molar refractivity (Wildman–Crippen MR) is 127 cm³/mol. The highest BCUT2D eigenvalue weighted by Crippen LogP contribution is 2.58. The summed E-state index contributed by atoms with van der Waals surface area (Å²) < 4.78 is 7.58.